The fourth-order valence-electron chi connectivity index (χ4n) is 2.60. The van der Waals surface area contributed by atoms with E-state index in [2.05, 4.69) is 0 Å². The number of hydrogen-bond acceptors (Lipinski definition) is 4. The van der Waals surface area contributed by atoms with Gasteiger partial charge in [0.1, 0.15) is 0 Å². The molecule has 1 N–H and O–H groups in total. The van der Waals surface area contributed by atoms with Gasteiger partial charge in [0.25, 0.3) is 0 Å². The van der Waals surface area contributed by atoms with Crippen LogP contribution in [0.15, 0.2) is 0 Å². The third-order valence-electron chi connectivity index (χ3n) is 3.74. The molecule has 0 amide bonds. The number of hydrogen-bond donors (Lipinski definition) is 1. The summed E-state index contributed by atoms with van der Waals surface area (Å²) in [7, 11) is 0. The monoisotopic (exact) mass is 258 g/mol. The summed E-state index contributed by atoms with van der Waals surface area (Å²) < 4.78 is 16.6. The van der Waals surface area contributed by atoms with Crippen molar-refractivity contribution in [3.63, 3.8) is 0 Å². The molecule has 0 aromatic heterocycles. The lowest BCUT2D eigenvalue weighted by Gasteiger charge is -2.32. The molecule has 0 aliphatic carbocycles. The highest BCUT2D eigenvalue weighted by Crippen LogP contribution is 2.27. The Hall–Kier alpha value is -0.160. The molecule has 0 spiro atoms. The van der Waals surface area contributed by atoms with Gasteiger partial charge in [0, 0.05) is 26.1 Å². The van der Waals surface area contributed by atoms with Crippen LogP contribution in [0.5, 0.6) is 0 Å². The molecule has 2 rings (SSSR count). The van der Waals surface area contributed by atoms with Crippen molar-refractivity contribution in [3.05, 3.63) is 0 Å². The van der Waals surface area contributed by atoms with Gasteiger partial charge in [-0.05, 0) is 44.9 Å². The Balaban J connectivity index is 1.50. The van der Waals surface area contributed by atoms with Crippen LogP contribution in [0.1, 0.15) is 57.8 Å². The van der Waals surface area contributed by atoms with Crippen LogP contribution in [0.25, 0.3) is 0 Å². The van der Waals surface area contributed by atoms with E-state index in [9.17, 15) is 5.11 Å². The first-order valence-corrected chi connectivity index (χ1v) is 7.38. The third kappa shape index (κ3) is 4.84. The van der Waals surface area contributed by atoms with Crippen LogP contribution in [0.3, 0.4) is 0 Å². The molecule has 2 aliphatic heterocycles. The van der Waals surface area contributed by atoms with Crippen LogP contribution < -0.4 is 0 Å². The average Bonchev–Trinajstić information content (AvgIpc) is 2.40. The quantitative estimate of drug-likeness (QED) is 0.744. The molecule has 0 aromatic carbocycles. The van der Waals surface area contributed by atoms with E-state index < -0.39 is 5.79 Å². The number of rotatable bonds is 6. The predicted octanol–water partition coefficient (Wildman–Crippen LogP) is 2.59. The van der Waals surface area contributed by atoms with Crippen LogP contribution in [0, 0.1) is 0 Å². The van der Waals surface area contributed by atoms with Crippen molar-refractivity contribution in [2.75, 3.05) is 19.8 Å². The van der Waals surface area contributed by atoms with Crippen LogP contribution >= 0.6 is 0 Å². The smallest absolute Gasteiger partial charge is 0.165 e. The van der Waals surface area contributed by atoms with Crippen molar-refractivity contribution in [2.24, 2.45) is 0 Å². The Bertz CT molecular complexity index is 220. The largest absolute Gasteiger partial charge is 0.365 e. The van der Waals surface area contributed by atoms with Crippen molar-refractivity contribution in [1.29, 1.82) is 0 Å². The van der Waals surface area contributed by atoms with Crippen molar-refractivity contribution in [1.82, 2.24) is 0 Å². The van der Waals surface area contributed by atoms with Gasteiger partial charge in [-0.3, -0.25) is 0 Å². The van der Waals surface area contributed by atoms with E-state index in [1.54, 1.807) is 0 Å². The Labute approximate surface area is 110 Å². The normalized spacial score (nSPS) is 33.5. The van der Waals surface area contributed by atoms with Gasteiger partial charge < -0.3 is 19.3 Å². The summed E-state index contributed by atoms with van der Waals surface area (Å²) in [6.45, 7) is 2.25. The molecular formula is C14H26O4. The second kappa shape index (κ2) is 7.43. The average molecular weight is 258 g/mol. The van der Waals surface area contributed by atoms with E-state index in [1.807, 2.05) is 0 Å². The second-order valence-corrected chi connectivity index (χ2v) is 5.38. The highest BCUT2D eigenvalue weighted by Gasteiger charge is 2.29. The maximum Gasteiger partial charge on any atom is 0.165 e. The molecule has 0 aromatic rings. The molecule has 4 nitrogen and oxygen atoms in total. The fraction of sp³-hybridized carbons (Fsp3) is 1.00. The summed E-state index contributed by atoms with van der Waals surface area (Å²) in [6, 6.07) is 0. The summed E-state index contributed by atoms with van der Waals surface area (Å²) in [5.41, 5.74) is 0. The minimum Gasteiger partial charge on any atom is -0.365 e. The van der Waals surface area contributed by atoms with Gasteiger partial charge >= 0.3 is 0 Å². The van der Waals surface area contributed by atoms with Crippen LogP contribution in [0.4, 0.5) is 0 Å². The van der Waals surface area contributed by atoms with Crippen LogP contribution in [0.2, 0.25) is 0 Å². The molecule has 2 saturated heterocycles. The molecule has 18 heavy (non-hydrogen) atoms. The number of ether oxygens (including phenoxy) is 3. The molecule has 2 aliphatic rings. The molecule has 0 radical (unpaired) electrons. The molecule has 2 atom stereocenters. The van der Waals surface area contributed by atoms with E-state index in [1.165, 1.54) is 6.42 Å². The summed E-state index contributed by atoms with van der Waals surface area (Å²) >= 11 is 0. The van der Waals surface area contributed by atoms with Crippen LogP contribution in [-0.2, 0) is 14.2 Å². The second-order valence-electron chi connectivity index (χ2n) is 5.38. The Kier molecular flexibility index (Phi) is 5.89. The zero-order valence-corrected chi connectivity index (χ0v) is 11.2. The molecule has 0 bridgehead atoms. The first-order chi connectivity index (χ1) is 8.79. The standard InChI is InChI=1S/C14H26O4/c15-14(9-3-6-12-18-14)8-2-5-11-17-13-7-1-4-10-16-13/h13,15H,1-12H2. The zero-order valence-electron chi connectivity index (χ0n) is 11.2. The lowest BCUT2D eigenvalue weighted by molar-refractivity contribution is -0.229. The summed E-state index contributed by atoms with van der Waals surface area (Å²) in [5.74, 6) is -0.862. The lowest BCUT2D eigenvalue weighted by atomic mass is 10.00. The third-order valence-corrected chi connectivity index (χ3v) is 3.74. The van der Waals surface area contributed by atoms with E-state index in [0.717, 1.165) is 64.6 Å². The Morgan fingerprint density at radius 1 is 1.11 bits per heavy atom. The number of aliphatic hydroxyl groups is 1. The minimum atomic E-state index is -0.862. The topological polar surface area (TPSA) is 47.9 Å². The van der Waals surface area contributed by atoms with Crippen molar-refractivity contribution in [3.8, 4) is 0 Å². The van der Waals surface area contributed by atoms with E-state index >= 15 is 0 Å². The van der Waals surface area contributed by atoms with Gasteiger partial charge in [-0.1, -0.05) is 0 Å². The highest BCUT2D eigenvalue weighted by atomic mass is 16.7. The van der Waals surface area contributed by atoms with Gasteiger partial charge in [-0.15, -0.1) is 0 Å². The first kappa shape index (κ1) is 14.3. The predicted molar refractivity (Wildman–Crippen MR) is 68.1 cm³/mol. The Morgan fingerprint density at radius 2 is 2.00 bits per heavy atom. The van der Waals surface area contributed by atoms with Crippen LogP contribution in [-0.4, -0.2) is 37.0 Å². The first-order valence-electron chi connectivity index (χ1n) is 7.38. The highest BCUT2D eigenvalue weighted by molar-refractivity contribution is 4.71. The fourth-order valence-corrected chi connectivity index (χ4v) is 2.60. The van der Waals surface area contributed by atoms with Gasteiger partial charge in [-0.25, -0.2) is 0 Å². The van der Waals surface area contributed by atoms with Gasteiger partial charge in [-0.2, -0.15) is 0 Å². The summed E-state index contributed by atoms with van der Waals surface area (Å²) in [6.07, 6.45) is 8.95. The van der Waals surface area contributed by atoms with Gasteiger partial charge in [0.15, 0.2) is 12.1 Å². The summed E-state index contributed by atoms with van der Waals surface area (Å²) in [5, 5.41) is 10.1. The van der Waals surface area contributed by atoms with Crippen molar-refractivity contribution in [2.45, 2.75) is 69.9 Å². The van der Waals surface area contributed by atoms with E-state index in [0.29, 0.717) is 6.61 Å². The zero-order chi connectivity index (χ0) is 12.7. The maximum absolute atomic E-state index is 10.1. The minimum absolute atomic E-state index is 0.00719. The molecule has 4 heteroatoms. The number of unbranched alkanes of at least 4 members (excludes halogenated alkanes) is 1. The molecular weight excluding hydrogens is 232 g/mol. The molecule has 2 fully saturated rings. The van der Waals surface area contributed by atoms with Gasteiger partial charge in [0.05, 0.1) is 6.61 Å². The van der Waals surface area contributed by atoms with Crippen molar-refractivity contribution < 1.29 is 19.3 Å². The van der Waals surface area contributed by atoms with E-state index in [4.69, 9.17) is 14.2 Å². The molecule has 0 saturated carbocycles. The molecule has 106 valence electrons. The van der Waals surface area contributed by atoms with E-state index in [-0.39, 0.29) is 6.29 Å². The molecule has 2 unspecified atom stereocenters. The van der Waals surface area contributed by atoms with Crippen molar-refractivity contribution >= 4 is 0 Å². The van der Waals surface area contributed by atoms with Gasteiger partial charge in [0.2, 0.25) is 0 Å². The lowest BCUT2D eigenvalue weighted by Crippen LogP contribution is -2.35. The maximum atomic E-state index is 10.1. The molecule has 2 heterocycles. The Morgan fingerprint density at radius 3 is 2.72 bits per heavy atom. The summed E-state index contributed by atoms with van der Waals surface area (Å²) in [4.78, 5) is 0. The SMILES string of the molecule is OC1(CCCCOC2CCCCO2)CCCCO1.